The van der Waals surface area contributed by atoms with E-state index in [1.165, 1.54) is 23.0 Å². The van der Waals surface area contributed by atoms with Crippen LogP contribution in [0.15, 0.2) is 18.2 Å². The number of carbonyl (C=O) groups is 2. The molecule has 2 amide bonds. The molecule has 1 aliphatic rings. The van der Waals surface area contributed by atoms with Crippen molar-refractivity contribution in [2.24, 2.45) is 0 Å². The predicted octanol–water partition coefficient (Wildman–Crippen LogP) is 1.77. The van der Waals surface area contributed by atoms with Crippen LogP contribution in [0.5, 0.6) is 0 Å². The Morgan fingerprint density at radius 1 is 1.34 bits per heavy atom. The largest absolute Gasteiger partial charge is 0.417 e. The normalized spacial score (nSPS) is 17.0. The number of ether oxygens (including phenoxy) is 1. The Labute approximate surface area is 167 Å². The van der Waals surface area contributed by atoms with Gasteiger partial charge >= 0.3 is 6.18 Å². The second-order valence-electron chi connectivity index (χ2n) is 6.53. The number of benzene rings is 1. The molecule has 7 nitrogen and oxygen atoms in total. The molecule has 10 heteroatoms. The number of nitrogens with one attached hydrogen (secondary N) is 1. The lowest BCUT2D eigenvalue weighted by Crippen LogP contribution is -2.60. The number of alkyl halides is 3. The van der Waals surface area contributed by atoms with Gasteiger partial charge in [-0.3, -0.25) is 9.59 Å². The highest BCUT2D eigenvalue weighted by Crippen LogP contribution is 2.35. The molecule has 1 N–H and O–H groups in total. The fourth-order valence-corrected chi connectivity index (χ4v) is 3.20. The van der Waals surface area contributed by atoms with E-state index in [-0.39, 0.29) is 50.8 Å². The molecule has 0 saturated carbocycles. The highest BCUT2D eigenvalue weighted by atomic mass is 19.4. The maximum Gasteiger partial charge on any atom is 0.417 e. The van der Waals surface area contributed by atoms with Gasteiger partial charge in [-0.25, -0.2) is 0 Å². The van der Waals surface area contributed by atoms with Crippen LogP contribution in [0.2, 0.25) is 0 Å². The van der Waals surface area contributed by atoms with E-state index in [0.29, 0.717) is 0 Å². The Balaban J connectivity index is 2.36. The maximum absolute atomic E-state index is 13.3. The van der Waals surface area contributed by atoms with Gasteiger partial charge in [-0.1, -0.05) is 6.92 Å². The van der Waals surface area contributed by atoms with Crippen LogP contribution in [0, 0.1) is 11.3 Å². The number of rotatable bonds is 6. The van der Waals surface area contributed by atoms with Gasteiger partial charge in [0.05, 0.1) is 30.3 Å². The summed E-state index contributed by atoms with van der Waals surface area (Å²) >= 11 is 0. The summed E-state index contributed by atoms with van der Waals surface area (Å²) < 4.78 is 44.9. The van der Waals surface area contributed by atoms with Gasteiger partial charge in [0, 0.05) is 38.9 Å². The molecule has 1 aromatic rings. The molecule has 0 bridgehead atoms. The average molecular weight is 412 g/mol. The third-order valence-electron chi connectivity index (χ3n) is 4.70. The van der Waals surface area contributed by atoms with Gasteiger partial charge < -0.3 is 19.9 Å². The summed E-state index contributed by atoms with van der Waals surface area (Å²) in [5, 5.41) is 11.7. The molecule has 1 aromatic carbocycles. The number of piperazine rings is 1. The van der Waals surface area contributed by atoms with Crippen molar-refractivity contribution in [3.05, 3.63) is 29.3 Å². The third kappa shape index (κ3) is 5.38. The van der Waals surface area contributed by atoms with Gasteiger partial charge in [-0.15, -0.1) is 0 Å². The van der Waals surface area contributed by atoms with Gasteiger partial charge in [0.25, 0.3) is 0 Å². The number of hydrogen-bond acceptors (Lipinski definition) is 5. The van der Waals surface area contributed by atoms with Gasteiger partial charge in [0.2, 0.25) is 11.8 Å². The fourth-order valence-electron chi connectivity index (χ4n) is 3.20. The summed E-state index contributed by atoms with van der Waals surface area (Å²) in [7, 11) is 1.48. The predicted molar refractivity (Wildman–Crippen MR) is 99.0 cm³/mol. The van der Waals surface area contributed by atoms with Crippen LogP contribution >= 0.6 is 0 Å². The average Bonchev–Trinajstić information content (AvgIpc) is 2.71. The highest BCUT2D eigenvalue weighted by molar-refractivity contribution is 5.87. The molecule has 1 atom stereocenters. The summed E-state index contributed by atoms with van der Waals surface area (Å²) in [6, 6.07) is 4.06. The van der Waals surface area contributed by atoms with E-state index >= 15 is 0 Å². The summed E-state index contributed by atoms with van der Waals surface area (Å²) in [6.07, 6.45) is -4.43. The molecule has 29 heavy (non-hydrogen) atoms. The number of halogens is 3. The number of methoxy groups -OCH3 is 1. The number of nitrogens with zero attached hydrogens (tertiary/aromatic N) is 3. The van der Waals surface area contributed by atoms with Crippen LogP contribution in [0.1, 0.15) is 24.5 Å². The topological polar surface area (TPSA) is 85.7 Å². The van der Waals surface area contributed by atoms with Crippen molar-refractivity contribution in [3.63, 3.8) is 0 Å². The lowest BCUT2D eigenvalue weighted by atomic mass is 10.0. The van der Waals surface area contributed by atoms with E-state index in [0.717, 1.165) is 12.1 Å². The zero-order chi connectivity index (χ0) is 21.6. The smallest absolute Gasteiger partial charge is 0.383 e. The number of carbonyl (C=O) groups excluding carboxylic acids is 2. The number of nitriles is 1. The second kappa shape index (κ2) is 9.60. The molecule has 0 spiro atoms. The summed E-state index contributed by atoms with van der Waals surface area (Å²) in [6.45, 7) is 2.77. The van der Waals surface area contributed by atoms with E-state index in [4.69, 9.17) is 10.00 Å². The number of amides is 2. The van der Waals surface area contributed by atoms with E-state index in [1.54, 1.807) is 13.0 Å². The first kappa shape index (κ1) is 22.5. The molecule has 1 aliphatic heterocycles. The van der Waals surface area contributed by atoms with Crippen LogP contribution in [-0.2, 0) is 20.5 Å². The minimum atomic E-state index is -4.70. The molecule has 158 valence electrons. The van der Waals surface area contributed by atoms with E-state index in [1.807, 2.05) is 0 Å². The highest BCUT2D eigenvalue weighted by Gasteiger charge is 2.37. The Morgan fingerprint density at radius 3 is 2.66 bits per heavy atom. The van der Waals surface area contributed by atoms with Crippen LogP contribution in [-0.4, -0.2) is 62.7 Å². The summed E-state index contributed by atoms with van der Waals surface area (Å²) in [5.41, 5.74) is -1.36. The van der Waals surface area contributed by atoms with Crippen molar-refractivity contribution in [3.8, 4) is 6.07 Å². The van der Waals surface area contributed by atoms with Gasteiger partial charge in [-0.05, 0) is 18.2 Å². The first-order valence-electron chi connectivity index (χ1n) is 9.15. The Morgan fingerprint density at radius 2 is 2.07 bits per heavy atom. The van der Waals surface area contributed by atoms with Crippen molar-refractivity contribution >= 4 is 17.5 Å². The van der Waals surface area contributed by atoms with Crippen molar-refractivity contribution in [2.75, 3.05) is 44.8 Å². The minimum absolute atomic E-state index is 0.0623. The SMILES string of the molecule is CCC(=O)N1CCN(c2ccc(C#N)c(C(F)(F)F)c2)C(C(=O)NCCOC)C1. The number of hydrogen-bond donors (Lipinski definition) is 1. The molecule has 2 rings (SSSR count). The van der Waals surface area contributed by atoms with Crippen molar-refractivity contribution in [1.29, 1.82) is 5.26 Å². The second-order valence-corrected chi connectivity index (χ2v) is 6.53. The van der Waals surface area contributed by atoms with E-state index < -0.39 is 29.3 Å². The molecule has 1 unspecified atom stereocenters. The van der Waals surface area contributed by atoms with Gasteiger partial charge in [0.1, 0.15) is 6.04 Å². The molecule has 0 radical (unpaired) electrons. The van der Waals surface area contributed by atoms with Gasteiger partial charge in [0.15, 0.2) is 0 Å². The molecular weight excluding hydrogens is 389 g/mol. The Bertz CT molecular complexity index is 792. The summed E-state index contributed by atoms with van der Waals surface area (Å²) in [4.78, 5) is 27.8. The molecule has 1 heterocycles. The standard InChI is InChI=1S/C19H23F3N4O3/c1-3-17(27)25-7-8-26(16(12-25)18(28)24-6-9-29-2)14-5-4-13(11-23)15(10-14)19(20,21)22/h4-5,10,16H,3,6-9,12H2,1-2H3,(H,24,28). The zero-order valence-electron chi connectivity index (χ0n) is 16.3. The van der Waals surface area contributed by atoms with Crippen molar-refractivity contribution < 1.29 is 27.5 Å². The van der Waals surface area contributed by atoms with Crippen LogP contribution in [0.4, 0.5) is 18.9 Å². The van der Waals surface area contributed by atoms with Crippen molar-refractivity contribution in [2.45, 2.75) is 25.6 Å². The van der Waals surface area contributed by atoms with Crippen LogP contribution in [0.3, 0.4) is 0 Å². The molecule has 1 saturated heterocycles. The van der Waals surface area contributed by atoms with Crippen LogP contribution in [0.25, 0.3) is 0 Å². The van der Waals surface area contributed by atoms with Crippen molar-refractivity contribution in [1.82, 2.24) is 10.2 Å². The fraction of sp³-hybridized carbons (Fsp3) is 0.526. The first-order chi connectivity index (χ1) is 13.7. The number of anilines is 1. The molecule has 0 aliphatic carbocycles. The van der Waals surface area contributed by atoms with Gasteiger partial charge in [-0.2, -0.15) is 18.4 Å². The molecule has 1 fully saturated rings. The minimum Gasteiger partial charge on any atom is -0.383 e. The maximum atomic E-state index is 13.3. The quantitative estimate of drug-likeness (QED) is 0.720. The molecular formula is C19H23F3N4O3. The Kier molecular flexibility index (Phi) is 7.45. The van der Waals surface area contributed by atoms with E-state index in [2.05, 4.69) is 5.32 Å². The zero-order valence-corrected chi connectivity index (χ0v) is 16.3. The summed E-state index contributed by atoms with van der Waals surface area (Å²) in [5.74, 6) is -0.538. The van der Waals surface area contributed by atoms with Crippen LogP contribution < -0.4 is 10.2 Å². The third-order valence-corrected chi connectivity index (χ3v) is 4.70. The first-order valence-corrected chi connectivity index (χ1v) is 9.15. The lowest BCUT2D eigenvalue weighted by Gasteiger charge is -2.42. The lowest BCUT2D eigenvalue weighted by molar-refractivity contribution is -0.137. The monoisotopic (exact) mass is 412 g/mol. The Hall–Kier alpha value is -2.80. The van der Waals surface area contributed by atoms with E-state index in [9.17, 15) is 22.8 Å². The molecule has 0 aromatic heterocycles.